The third-order valence-corrected chi connectivity index (χ3v) is 8.41. The fraction of sp³-hybridized carbons (Fsp3) is 0.364. The molecule has 1 N–H and O–H groups in total. The van der Waals surface area contributed by atoms with E-state index in [2.05, 4.69) is 15.3 Å². The maximum atomic E-state index is 13.4. The molecule has 2 aromatic heterocycles. The van der Waals surface area contributed by atoms with Gasteiger partial charge in [0.2, 0.25) is 5.82 Å². The van der Waals surface area contributed by atoms with Crippen LogP contribution in [0, 0.1) is 5.92 Å². The summed E-state index contributed by atoms with van der Waals surface area (Å²) in [6, 6.07) is 14.3. The summed E-state index contributed by atoms with van der Waals surface area (Å²) in [6.45, 7) is 0.747. The van der Waals surface area contributed by atoms with Crippen LogP contribution in [0.2, 0.25) is 0 Å². The molecule has 228 valence electrons. The molecule has 11 heteroatoms. The lowest BCUT2D eigenvalue weighted by Crippen LogP contribution is -2.18. The smallest absolute Gasteiger partial charge is 0.416 e. The predicted octanol–water partition coefficient (Wildman–Crippen LogP) is 6.95. The van der Waals surface area contributed by atoms with Crippen molar-refractivity contribution in [3.63, 3.8) is 0 Å². The van der Waals surface area contributed by atoms with E-state index in [-0.39, 0.29) is 23.8 Å². The van der Waals surface area contributed by atoms with Crippen LogP contribution in [0.4, 0.5) is 19.0 Å². The van der Waals surface area contributed by atoms with E-state index in [1.807, 2.05) is 34.9 Å². The van der Waals surface area contributed by atoms with E-state index in [4.69, 9.17) is 9.72 Å². The molecule has 1 saturated carbocycles. The van der Waals surface area contributed by atoms with Crippen LogP contribution in [0.15, 0.2) is 54.6 Å². The van der Waals surface area contributed by atoms with Gasteiger partial charge < -0.3 is 14.6 Å². The first kappa shape index (κ1) is 29.5. The maximum absolute atomic E-state index is 13.4. The number of methoxy groups -OCH3 is 1. The summed E-state index contributed by atoms with van der Waals surface area (Å²) in [5.74, 6) is 0.582. The molecule has 2 aromatic carbocycles. The summed E-state index contributed by atoms with van der Waals surface area (Å²) >= 11 is 0. The molecule has 6 rings (SSSR count). The highest BCUT2D eigenvalue weighted by Crippen LogP contribution is 2.38. The number of hydrogen-bond donors (Lipinski definition) is 1. The number of anilines is 1. The minimum absolute atomic E-state index is 0.00855. The molecule has 1 fully saturated rings. The Kier molecular flexibility index (Phi) is 8.20. The van der Waals surface area contributed by atoms with Gasteiger partial charge in [-0.05, 0) is 48.4 Å². The number of imidazole rings is 1. The molecule has 0 saturated heterocycles. The lowest BCUT2D eigenvalue weighted by molar-refractivity contribution is -0.137. The number of rotatable bonds is 9. The monoisotopic (exact) mass is 603 g/mol. The van der Waals surface area contributed by atoms with Crippen molar-refractivity contribution < 1.29 is 27.5 Å². The second kappa shape index (κ2) is 12.2. The van der Waals surface area contributed by atoms with Gasteiger partial charge in [-0.3, -0.25) is 4.79 Å². The van der Waals surface area contributed by atoms with E-state index in [0.29, 0.717) is 60.0 Å². The number of alkyl halides is 3. The Hall–Kier alpha value is -4.54. The zero-order valence-corrected chi connectivity index (χ0v) is 24.3. The first-order valence-electron chi connectivity index (χ1n) is 14.8. The minimum Gasteiger partial charge on any atom is -0.463 e. The largest absolute Gasteiger partial charge is 0.463 e. The normalized spacial score (nSPS) is 15.9. The van der Waals surface area contributed by atoms with Crippen LogP contribution >= 0.6 is 0 Å². The molecule has 2 aliphatic rings. The quantitative estimate of drug-likeness (QED) is 0.207. The number of carbonyl (C=O) groups excluding carboxylic acids is 2. The Labute approximate surface area is 252 Å². The van der Waals surface area contributed by atoms with Gasteiger partial charge in [0.25, 0.3) is 0 Å². The standard InChI is InChI=1S/C33H32F3N5O3/c1-44-32(43)30-38-28(37-18-17-20-7-5-8-20)27-29(39-30)40-31(41(27)19-21-13-15-23(16-14-21)33(34,35)36)24-11-6-12-25(42)26(24)22-9-3-2-4-10-22/h2-4,9-10,13-16,20H,5-8,11-12,17-19H2,1H3,(H,37,38,39). The second-order valence-corrected chi connectivity index (χ2v) is 11.3. The van der Waals surface area contributed by atoms with Crippen molar-refractivity contribution in [1.82, 2.24) is 19.5 Å². The number of ketones is 1. The number of hydrogen-bond acceptors (Lipinski definition) is 7. The van der Waals surface area contributed by atoms with Gasteiger partial charge in [-0.1, -0.05) is 61.7 Å². The van der Waals surface area contributed by atoms with Crippen molar-refractivity contribution in [2.24, 2.45) is 5.92 Å². The number of ether oxygens (including phenoxy) is 1. The molecule has 8 nitrogen and oxygen atoms in total. The highest BCUT2D eigenvalue weighted by molar-refractivity contribution is 6.28. The number of allylic oxidation sites excluding steroid dienone is 2. The highest BCUT2D eigenvalue weighted by atomic mass is 19.4. The summed E-state index contributed by atoms with van der Waals surface area (Å²) in [7, 11) is 1.25. The molecule has 0 radical (unpaired) electrons. The van der Waals surface area contributed by atoms with Crippen LogP contribution in [0.25, 0.3) is 22.3 Å². The van der Waals surface area contributed by atoms with Crippen LogP contribution in [0.5, 0.6) is 0 Å². The van der Waals surface area contributed by atoms with Crippen molar-refractivity contribution in [2.75, 3.05) is 19.0 Å². The van der Waals surface area contributed by atoms with Gasteiger partial charge in [-0.15, -0.1) is 0 Å². The van der Waals surface area contributed by atoms with Crippen LogP contribution in [-0.4, -0.2) is 44.9 Å². The van der Waals surface area contributed by atoms with Crippen molar-refractivity contribution in [1.29, 1.82) is 0 Å². The summed E-state index contributed by atoms with van der Waals surface area (Å²) in [4.78, 5) is 39.8. The van der Waals surface area contributed by atoms with Crippen molar-refractivity contribution >= 4 is 39.9 Å². The number of halogens is 3. The zero-order chi connectivity index (χ0) is 30.8. The van der Waals surface area contributed by atoms with Gasteiger partial charge in [0, 0.05) is 30.7 Å². The second-order valence-electron chi connectivity index (χ2n) is 11.3. The van der Waals surface area contributed by atoms with E-state index < -0.39 is 17.7 Å². The SMILES string of the molecule is COC(=O)c1nc(NCCC2CCC2)c2c(n1)nc(C1=C(c3ccccc3)C(=O)CCC1)n2Cc1ccc(C(F)(F)F)cc1. The number of fused-ring (bicyclic) bond motifs is 1. The van der Waals surface area contributed by atoms with Gasteiger partial charge in [0.15, 0.2) is 17.2 Å². The van der Waals surface area contributed by atoms with Crippen LogP contribution in [0.3, 0.4) is 0 Å². The summed E-state index contributed by atoms with van der Waals surface area (Å²) < 4.78 is 46.7. The summed E-state index contributed by atoms with van der Waals surface area (Å²) in [5.41, 5.74) is 2.62. The van der Waals surface area contributed by atoms with Crippen molar-refractivity contribution in [2.45, 2.75) is 57.7 Å². The molecule has 2 aliphatic carbocycles. The molecule has 0 atom stereocenters. The Morgan fingerprint density at radius 1 is 1.00 bits per heavy atom. The lowest BCUT2D eigenvalue weighted by Gasteiger charge is -2.25. The molecule has 0 amide bonds. The fourth-order valence-corrected chi connectivity index (χ4v) is 5.89. The number of benzene rings is 2. The Bertz CT molecular complexity index is 1730. The number of Topliss-reactive ketones (excluding diaryl/α,β-unsaturated/α-hetero) is 1. The van der Waals surface area contributed by atoms with Gasteiger partial charge in [-0.25, -0.2) is 19.7 Å². The van der Waals surface area contributed by atoms with Gasteiger partial charge in [0.05, 0.1) is 12.7 Å². The van der Waals surface area contributed by atoms with Crippen LogP contribution < -0.4 is 5.32 Å². The predicted molar refractivity (Wildman–Crippen MR) is 160 cm³/mol. The van der Waals surface area contributed by atoms with E-state index in [9.17, 15) is 22.8 Å². The third-order valence-electron chi connectivity index (χ3n) is 8.41. The minimum atomic E-state index is -4.46. The molecule has 0 aliphatic heterocycles. The van der Waals surface area contributed by atoms with Crippen LogP contribution in [0.1, 0.15) is 78.1 Å². The van der Waals surface area contributed by atoms with Gasteiger partial charge in [0.1, 0.15) is 11.3 Å². The molecule has 0 spiro atoms. The Balaban J connectivity index is 1.55. The maximum Gasteiger partial charge on any atom is 0.416 e. The topological polar surface area (TPSA) is 99.0 Å². The van der Waals surface area contributed by atoms with E-state index >= 15 is 0 Å². The van der Waals surface area contributed by atoms with Crippen molar-refractivity contribution in [3.05, 3.63) is 82.9 Å². The number of esters is 1. The fourth-order valence-electron chi connectivity index (χ4n) is 5.89. The average Bonchev–Trinajstić information content (AvgIpc) is 3.36. The third kappa shape index (κ3) is 5.95. The molecule has 0 bridgehead atoms. The Morgan fingerprint density at radius 3 is 2.41 bits per heavy atom. The number of nitrogens with zero attached hydrogens (tertiary/aromatic N) is 4. The van der Waals surface area contributed by atoms with E-state index in [1.54, 1.807) is 0 Å². The number of nitrogens with one attached hydrogen (secondary N) is 1. The molecule has 44 heavy (non-hydrogen) atoms. The zero-order valence-electron chi connectivity index (χ0n) is 24.3. The molecule has 0 unspecified atom stereocenters. The molecule has 2 heterocycles. The first-order chi connectivity index (χ1) is 21.2. The molecule has 4 aromatic rings. The van der Waals surface area contributed by atoms with E-state index in [0.717, 1.165) is 29.7 Å². The summed E-state index contributed by atoms with van der Waals surface area (Å²) in [6.07, 6.45) is 1.62. The molecular formula is C33H32F3N5O3. The van der Waals surface area contributed by atoms with E-state index in [1.165, 1.54) is 38.5 Å². The highest BCUT2D eigenvalue weighted by Gasteiger charge is 2.31. The lowest BCUT2D eigenvalue weighted by atomic mass is 9.83. The number of aromatic nitrogens is 4. The average molecular weight is 604 g/mol. The Morgan fingerprint density at radius 2 is 1.75 bits per heavy atom. The van der Waals surface area contributed by atoms with Gasteiger partial charge >= 0.3 is 12.1 Å². The van der Waals surface area contributed by atoms with Crippen molar-refractivity contribution in [3.8, 4) is 0 Å². The van der Waals surface area contributed by atoms with Crippen LogP contribution in [-0.2, 0) is 22.3 Å². The molecular weight excluding hydrogens is 571 g/mol. The summed E-state index contributed by atoms with van der Waals surface area (Å²) in [5, 5.41) is 3.38. The van der Waals surface area contributed by atoms with Gasteiger partial charge in [-0.2, -0.15) is 13.2 Å². The first-order valence-corrected chi connectivity index (χ1v) is 14.8. The number of carbonyl (C=O) groups is 2.